The standard InChI is InChI=1S/C28H21BrN2O2S2/c29-20-11-13-21(14-12-20)31-27(33)25-22-7-3-4-8-24(22)35-26(25)30-28(31)34-16-23(32)19-10-9-17-5-1-2-6-18(17)15-19/h1-2,5-6,9-15H,3-4,7-8,16H2. The number of hydrogen-bond donors (Lipinski definition) is 0. The maximum absolute atomic E-state index is 13.8. The molecule has 1 aliphatic carbocycles. The molecule has 1 aliphatic rings. The van der Waals surface area contributed by atoms with Crippen LogP contribution in [0.15, 0.2) is 81.2 Å². The lowest BCUT2D eigenvalue weighted by atomic mass is 9.97. The van der Waals surface area contributed by atoms with Crippen molar-refractivity contribution >= 4 is 65.8 Å². The highest BCUT2D eigenvalue weighted by Crippen LogP contribution is 2.35. The van der Waals surface area contributed by atoms with E-state index in [0.717, 1.165) is 56.8 Å². The Balaban J connectivity index is 1.41. The molecule has 4 nitrogen and oxygen atoms in total. The summed E-state index contributed by atoms with van der Waals surface area (Å²) in [6, 6.07) is 21.5. The van der Waals surface area contributed by atoms with Gasteiger partial charge < -0.3 is 0 Å². The molecular formula is C28H21BrN2O2S2. The molecule has 0 atom stereocenters. The molecule has 0 saturated carbocycles. The number of halogens is 1. The first-order valence-electron chi connectivity index (χ1n) is 11.6. The molecule has 0 radical (unpaired) electrons. The third kappa shape index (κ3) is 4.26. The number of nitrogens with zero attached hydrogens (tertiary/aromatic N) is 2. The maximum atomic E-state index is 13.8. The van der Waals surface area contributed by atoms with Crippen LogP contribution in [0.2, 0.25) is 0 Å². The second-order valence-corrected chi connectivity index (χ2v) is 11.6. The van der Waals surface area contributed by atoms with Crippen molar-refractivity contribution in [3.05, 3.63) is 97.6 Å². The Bertz CT molecular complexity index is 1650. The van der Waals surface area contributed by atoms with Crippen molar-refractivity contribution in [1.29, 1.82) is 0 Å². The molecule has 6 rings (SSSR count). The molecule has 5 aromatic rings. The second kappa shape index (κ2) is 9.37. The highest BCUT2D eigenvalue weighted by Gasteiger charge is 2.23. The van der Waals surface area contributed by atoms with E-state index in [2.05, 4.69) is 15.9 Å². The molecule has 174 valence electrons. The average Bonchev–Trinajstić information content (AvgIpc) is 3.26. The van der Waals surface area contributed by atoms with E-state index >= 15 is 0 Å². The van der Waals surface area contributed by atoms with Gasteiger partial charge in [0.2, 0.25) is 0 Å². The number of aryl methyl sites for hydroxylation is 2. The number of fused-ring (bicyclic) bond motifs is 4. The number of rotatable bonds is 5. The molecule has 0 bridgehead atoms. The van der Waals surface area contributed by atoms with E-state index < -0.39 is 0 Å². The number of carbonyl (C=O) groups is 1. The summed E-state index contributed by atoms with van der Waals surface area (Å²) in [5, 5.41) is 3.45. The first kappa shape index (κ1) is 22.7. The normalized spacial score (nSPS) is 13.3. The summed E-state index contributed by atoms with van der Waals surface area (Å²) in [5.74, 6) is 0.223. The van der Waals surface area contributed by atoms with Gasteiger partial charge in [-0.15, -0.1) is 11.3 Å². The predicted molar refractivity (Wildman–Crippen MR) is 149 cm³/mol. The second-order valence-electron chi connectivity index (χ2n) is 8.68. The SMILES string of the molecule is O=C(CSc1nc2sc3c(c2c(=O)n1-c1ccc(Br)cc1)CCCC3)c1ccc2ccccc2c1. The molecule has 2 aromatic heterocycles. The fourth-order valence-corrected chi connectivity index (χ4v) is 7.15. The molecule has 0 fully saturated rings. The largest absolute Gasteiger partial charge is 0.293 e. The van der Waals surface area contributed by atoms with E-state index in [9.17, 15) is 9.59 Å². The zero-order chi connectivity index (χ0) is 23.9. The Kier molecular flexibility index (Phi) is 6.08. The van der Waals surface area contributed by atoms with Crippen molar-refractivity contribution in [2.75, 3.05) is 5.75 Å². The molecule has 2 heterocycles. The number of Topliss-reactive ketones (excluding diaryl/α,β-unsaturated/α-hetero) is 1. The Labute approximate surface area is 219 Å². The monoisotopic (exact) mass is 560 g/mol. The van der Waals surface area contributed by atoms with E-state index in [1.165, 1.54) is 22.2 Å². The van der Waals surface area contributed by atoms with Crippen LogP contribution in [0.3, 0.4) is 0 Å². The van der Waals surface area contributed by atoms with Crippen LogP contribution in [-0.4, -0.2) is 21.1 Å². The lowest BCUT2D eigenvalue weighted by Gasteiger charge is -2.13. The Morgan fingerprint density at radius 1 is 1.00 bits per heavy atom. The van der Waals surface area contributed by atoms with E-state index in [4.69, 9.17) is 4.98 Å². The van der Waals surface area contributed by atoms with Crippen LogP contribution in [0.25, 0.3) is 26.7 Å². The Morgan fingerprint density at radius 2 is 1.77 bits per heavy atom. The molecule has 0 saturated heterocycles. The maximum Gasteiger partial charge on any atom is 0.267 e. The molecule has 3 aromatic carbocycles. The van der Waals surface area contributed by atoms with Gasteiger partial charge in [0.25, 0.3) is 5.56 Å². The molecule has 0 unspecified atom stereocenters. The first-order valence-corrected chi connectivity index (χ1v) is 14.2. The molecule has 0 spiro atoms. The quantitative estimate of drug-likeness (QED) is 0.129. The predicted octanol–water partition coefficient (Wildman–Crippen LogP) is 7.22. The van der Waals surface area contributed by atoms with Gasteiger partial charge in [-0.05, 0) is 72.4 Å². The van der Waals surface area contributed by atoms with Crippen molar-refractivity contribution in [1.82, 2.24) is 9.55 Å². The van der Waals surface area contributed by atoms with Crippen LogP contribution in [0.1, 0.15) is 33.6 Å². The fourth-order valence-electron chi connectivity index (χ4n) is 4.68. The minimum Gasteiger partial charge on any atom is -0.293 e. The van der Waals surface area contributed by atoms with Gasteiger partial charge in [0.05, 0.1) is 16.8 Å². The van der Waals surface area contributed by atoms with Gasteiger partial charge in [0.1, 0.15) is 4.83 Å². The fraction of sp³-hybridized carbons (Fsp3) is 0.179. The summed E-state index contributed by atoms with van der Waals surface area (Å²) in [6.07, 6.45) is 4.20. The zero-order valence-corrected chi connectivity index (χ0v) is 22.0. The Morgan fingerprint density at radius 3 is 2.60 bits per heavy atom. The van der Waals surface area contributed by atoms with Crippen molar-refractivity contribution < 1.29 is 4.79 Å². The molecule has 0 N–H and O–H groups in total. The van der Waals surface area contributed by atoms with Crippen LogP contribution in [0.5, 0.6) is 0 Å². The number of thiophene rings is 1. The van der Waals surface area contributed by atoms with Crippen molar-refractivity contribution in [2.45, 2.75) is 30.8 Å². The van der Waals surface area contributed by atoms with Crippen molar-refractivity contribution in [3.63, 3.8) is 0 Å². The van der Waals surface area contributed by atoms with Gasteiger partial charge in [-0.2, -0.15) is 0 Å². The van der Waals surface area contributed by atoms with Gasteiger partial charge in [-0.1, -0.05) is 64.1 Å². The smallest absolute Gasteiger partial charge is 0.267 e. The highest BCUT2D eigenvalue weighted by atomic mass is 79.9. The summed E-state index contributed by atoms with van der Waals surface area (Å²) < 4.78 is 2.62. The van der Waals surface area contributed by atoms with Crippen LogP contribution in [0, 0.1) is 0 Å². The molecule has 0 aliphatic heterocycles. The molecule has 35 heavy (non-hydrogen) atoms. The van der Waals surface area contributed by atoms with E-state index in [1.54, 1.807) is 15.9 Å². The zero-order valence-electron chi connectivity index (χ0n) is 18.8. The van der Waals surface area contributed by atoms with Crippen LogP contribution < -0.4 is 5.56 Å². The number of thioether (sulfide) groups is 1. The van der Waals surface area contributed by atoms with E-state index in [1.807, 2.05) is 66.7 Å². The minimum atomic E-state index is -0.0441. The van der Waals surface area contributed by atoms with Gasteiger partial charge in [0, 0.05) is 14.9 Å². The van der Waals surface area contributed by atoms with Crippen LogP contribution in [0.4, 0.5) is 0 Å². The lowest BCUT2D eigenvalue weighted by Crippen LogP contribution is -2.22. The molecule has 0 amide bonds. The summed E-state index contributed by atoms with van der Waals surface area (Å²) in [4.78, 5) is 34.0. The minimum absolute atomic E-state index is 0.0166. The number of benzene rings is 3. The third-order valence-electron chi connectivity index (χ3n) is 6.45. The molecule has 7 heteroatoms. The van der Waals surface area contributed by atoms with Crippen LogP contribution >= 0.6 is 39.0 Å². The van der Waals surface area contributed by atoms with E-state index in [0.29, 0.717) is 10.7 Å². The number of aromatic nitrogens is 2. The van der Waals surface area contributed by atoms with Crippen molar-refractivity contribution in [3.8, 4) is 5.69 Å². The van der Waals surface area contributed by atoms with Gasteiger partial charge in [-0.3, -0.25) is 14.2 Å². The van der Waals surface area contributed by atoms with Gasteiger partial charge in [0.15, 0.2) is 10.9 Å². The third-order valence-corrected chi connectivity index (χ3v) is 9.10. The summed E-state index contributed by atoms with van der Waals surface area (Å²) in [5.41, 5.74) is 2.55. The number of hydrogen-bond acceptors (Lipinski definition) is 5. The lowest BCUT2D eigenvalue weighted by molar-refractivity contribution is 0.102. The number of ketones is 1. The summed E-state index contributed by atoms with van der Waals surface area (Å²) >= 11 is 6.44. The number of carbonyl (C=O) groups excluding carboxylic acids is 1. The topological polar surface area (TPSA) is 52.0 Å². The summed E-state index contributed by atoms with van der Waals surface area (Å²) in [7, 11) is 0. The molecular weight excluding hydrogens is 540 g/mol. The van der Waals surface area contributed by atoms with Crippen molar-refractivity contribution in [2.24, 2.45) is 0 Å². The average molecular weight is 562 g/mol. The Hall–Kier alpha value is -2.74. The first-order chi connectivity index (χ1) is 17.1. The highest BCUT2D eigenvalue weighted by molar-refractivity contribution is 9.10. The van der Waals surface area contributed by atoms with Gasteiger partial charge >= 0.3 is 0 Å². The van der Waals surface area contributed by atoms with E-state index in [-0.39, 0.29) is 17.1 Å². The van der Waals surface area contributed by atoms with Crippen LogP contribution in [-0.2, 0) is 12.8 Å². The summed E-state index contributed by atoms with van der Waals surface area (Å²) in [6.45, 7) is 0. The van der Waals surface area contributed by atoms with Gasteiger partial charge in [-0.25, -0.2) is 4.98 Å².